The number of pyridine rings is 1. The Bertz CT molecular complexity index is 777. The number of aromatic nitrogens is 2. The van der Waals surface area contributed by atoms with Gasteiger partial charge in [0, 0.05) is 25.8 Å². The third-order valence-corrected chi connectivity index (χ3v) is 4.29. The van der Waals surface area contributed by atoms with Gasteiger partial charge in [0.25, 0.3) is 0 Å². The molecule has 0 radical (unpaired) electrons. The molecule has 3 heterocycles. The Kier molecular flexibility index (Phi) is 9.22. The van der Waals surface area contributed by atoms with Gasteiger partial charge < -0.3 is 20.4 Å². The summed E-state index contributed by atoms with van der Waals surface area (Å²) in [6.07, 6.45) is -7.16. The SMILES string of the molecule is O=C(O)C(F)(F)F.O=C(O)C(F)(F)F.c1cnc2sc(N3CCCNCC3)nc2c1. The molecule has 0 amide bonds. The van der Waals surface area contributed by atoms with Crippen LogP contribution in [0, 0.1) is 0 Å². The maximum Gasteiger partial charge on any atom is 0.490 e. The molecule has 2 aromatic heterocycles. The fraction of sp³-hybridized carbons (Fsp3) is 0.467. The number of anilines is 1. The predicted molar refractivity (Wildman–Crippen MR) is 94.5 cm³/mol. The van der Waals surface area contributed by atoms with Crippen LogP contribution < -0.4 is 10.2 Å². The van der Waals surface area contributed by atoms with Crippen LogP contribution in [0.1, 0.15) is 6.42 Å². The van der Waals surface area contributed by atoms with Gasteiger partial charge in [0.15, 0.2) is 5.13 Å². The number of alkyl halides is 6. The zero-order chi connectivity index (χ0) is 22.9. The highest BCUT2D eigenvalue weighted by atomic mass is 32.1. The maximum atomic E-state index is 10.6. The molecular weight excluding hydrogens is 446 g/mol. The summed E-state index contributed by atoms with van der Waals surface area (Å²) in [6.45, 7) is 4.29. The van der Waals surface area contributed by atoms with Crippen LogP contribution in [-0.2, 0) is 9.59 Å². The molecule has 1 aliphatic rings. The van der Waals surface area contributed by atoms with E-state index in [2.05, 4.69) is 20.2 Å². The molecule has 0 aromatic carbocycles. The Morgan fingerprint density at radius 3 is 2.10 bits per heavy atom. The van der Waals surface area contributed by atoms with Gasteiger partial charge in [-0.25, -0.2) is 19.6 Å². The average molecular weight is 462 g/mol. The summed E-state index contributed by atoms with van der Waals surface area (Å²) in [5.74, 6) is -5.51. The minimum absolute atomic E-state index is 1.01. The van der Waals surface area contributed by atoms with Gasteiger partial charge in [0.05, 0.1) is 0 Å². The van der Waals surface area contributed by atoms with Crippen molar-refractivity contribution in [3.8, 4) is 0 Å². The van der Waals surface area contributed by atoms with E-state index >= 15 is 0 Å². The highest BCUT2D eigenvalue weighted by Crippen LogP contribution is 2.27. The second kappa shape index (κ2) is 10.9. The number of hydrogen-bond donors (Lipinski definition) is 3. The molecule has 0 bridgehead atoms. The highest BCUT2D eigenvalue weighted by molar-refractivity contribution is 7.21. The number of fused-ring (bicyclic) bond motifs is 1. The van der Waals surface area contributed by atoms with Crippen LogP contribution in [0.4, 0.5) is 31.5 Å². The van der Waals surface area contributed by atoms with E-state index < -0.39 is 24.3 Å². The first-order valence-electron chi connectivity index (χ1n) is 8.10. The van der Waals surface area contributed by atoms with Crippen LogP contribution in [0.5, 0.6) is 0 Å². The van der Waals surface area contributed by atoms with Crippen molar-refractivity contribution < 1.29 is 46.1 Å². The smallest absolute Gasteiger partial charge is 0.475 e. The first kappa shape index (κ1) is 25.4. The van der Waals surface area contributed by atoms with Gasteiger partial charge in [0.1, 0.15) is 10.3 Å². The summed E-state index contributed by atoms with van der Waals surface area (Å²) >= 11 is 1.69. The van der Waals surface area contributed by atoms with E-state index in [-0.39, 0.29) is 0 Å². The molecule has 168 valence electrons. The standard InChI is InChI=1S/C11H14N4S.2C2HF3O2/c1-3-9-10(13-5-1)16-11(14-9)15-7-2-4-12-6-8-15;2*3-2(4,5)1(6)7/h1,3,5,12H,2,4,6-8H2;2*(H,6,7). The molecule has 2 aromatic rings. The topological polar surface area (TPSA) is 116 Å². The zero-order valence-corrected chi connectivity index (χ0v) is 15.8. The summed E-state index contributed by atoms with van der Waals surface area (Å²) < 4.78 is 63.5. The molecule has 3 rings (SSSR count). The van der Waals surface area contributed by atoms with Crippen LogP contribution in [0.2, 0.25) is 0 Å². The predicted octanol–water partition coefficient (Wildman–Crippen LogP) is 2.76. The number of carboxylic acids is 2. The Morgan fingerprint density at radius 2 is 1.60 bits per heavy atom. The van der Waals surface area contributed by atoms with E-state index in [9.17, 15) is 26.3 Å². The molecule has 1 fully saturated rings. The zero-order valence-electron chi connectivity index (χ0n) is 15.0. The van der Waals surface area contributed by atoms with Crippen LogP contribution in [0.15, 0.2) is 18.3 Å². The van der Waals surface area contributed by atoms with Crippen molar-refractivity contribution in [2.24, 2.45) is 0 Å². The number of carboxylic acid groups (broad SMARTS) is 2. The first-order chi connectivity index (χ1) is 13.8. The van der Waals surface area contributed by atoms with Crippen molar-refractivity contribution in [3.63, 3.8) is 0 Å². The lowest BCUT2D eigenvalue weighted by atomic mass is 10.4. The van der Waals surface area contributed by atoms with Crippen LogP contribution >= 0.6 is 11.3 Å². The lowest BCUT2D eigenvalue weighted by molar-refractivity contribution is -0.193. The van der Waals surface area contributed by atoms with Gasteiger partial charge in [-0.2, -0.15) is 26.3 Å². The van der Waals surface area contributed by atoms with Gasteiger partial charge >= 0.3 is 24.3 Å². The molecule has 1 saturated heterocycles. The number of thiazole rings is 1. The summed E-state index contributed by atoms with van der Waals surface area (Å²) in [5, 5.41) is 18.8. The average Bonchev–Trinajstić information content (AvgIpc) is 2.87. The Balaban J connectivity index is 0.000000271. The fourth-order valence-electron chi connectivity index (χ4n) is 1.93. The monoisotopic (exact) mass is 462 g/mol. The molecular formula is C15H16F6N4O4S. The van der Waals surface area contributed by atoms with Crippen molar-refractivity contribution in [2.75, 3.05) is 31.1 Å². The normalized spacial score (nSPS) is 14.7. The minimum atomic E-state index is -5.08. The summed E-state index contributed by atoms with van der Waals surface area (Å²) in [4.78, 5) is 30.1. The number of hydrogen-bond acceptors (Lipinski definition) is 7. The number of nitrogens with zero attached hydrogens (tertiary/aromatic N) is 3. The van der Waals surface area contributed by atoms with Crippen molar-refractivity contribution in [1.82, 2.24) is 15.3 Å². The molecule has 0 saturated carbocycles. The summed E-state index contributed by atoms with van der Waals surface area (Å²) in [7, 11) is 0. The summed E-state index contributed by atoms with van der Waals surface area (Å²) in [6, 6.07) is 3.97. The second-order valence-corrected chi connectivity index (χ2v) is 6.48. The molecule has 0 unspecified atom stereocenters. The van der Waals surface area contributed by atoms with Crippen molar-refractivity contribution >= 4 is 38.8 Å². The first-order valence-corrected chi connectivity index (χ1v) is 8.91. The Morgan fingerprint density at radius 1 is 1.03 bits per heavy atom. The van der Waals surface area contributed by atoms with Gasteiger partial charge in [-0.1, -0.05) is 11.3 Å². The maximum absolute atomic E-state index is 10.6. The molecule has 0 aliphatic carbocycles. The van der Waals surface area contributed by atoms with Gasteiger partial charge in [-0.15, -0.1) is 0 Å². The molecule has 0 atom stereocenters. The molecule has 8 nitrogen and oxygen atoms in total. The van der Waals surface area contributed by atoms with E-state index in [1.165, 1.54) is 6.42 Å². The minimum Gasteiger partial charge on any atom is -0.475 e. The number of aliphatic carboxylic acids is 2. The highest BCUT2D eigenvalue weighted by Gasteiger charge is 2.38. The van der Waals surface area contributed by atoms with Crippen LogP contribution in [0.25, 0.3) is 10.3 Å². The fourth-order valence-corrected chi connectivity index (χ4v) is 2.89. The number of nitrogens with one attached hydrogen (secondary N) is 1. The number of carbonyl (C=O) groups is 2. The van der Waals surface area contributed by atoms with E-state index in [0.29, 0.717) is 0 Å². The van der Waals surface area contributed by atoms with Gasteiger partial charge in [-0.05, 0) is 25.1 Å². The summed E-state index contributed by atoms with van der Waals surface area (Å²) in [5.41, 5.74) is 1.01. The third-order valence-electron chi connectivity index (χ3n) is 3.25. The lowest BCUT2D eigenvalue weighted by Crippen LogP contribution is -2.27. The molecule has 30 heavy (non-hydrogen) atoms. The van der Waals surface area contributed by atoms with Crippen molar-refractivity contribution in [2.45, 2.75) is 18.8 Å². The number of rotatable bonds is 1. The third kappa shape index (κ3) is 8.77. The van der Waals surface area contributed by atoms with E-state index in [1.807, 2.05) is 18.3 Å². The molecule has 1 aliphatic heterocycles. The van der Waals surface area contributed by atoms with E-state index in [0.717, 1.165) is 41.7 Å². The van der Waals surface area contributed by atoms with Crippen molar-refractivity contribution in [1.29, 1.82) is 0 Å². The van der Waals surface area contributed by atoms with E-state index in [1.54, 1.807) is 11.3 Å². The lowest BCUT2D eigenvalue weighted by Gasteiger charge is -2.17. The van der Waals surface area contributed by atoms with Crippen LogP contribution in [0.3, 0.4) is 0 Å². The van der Waals surface area contributed by atoms with Crippen LogP contribution in [-0.4, -0.2) is 70.7 Å². The van der Waals surface area contributed by atoms with E-state index in [4.69, 9.17) is 19.8 Å². The van der Waals surface area contributed by atoms with Gasteiger partial charge in [0.2, 0.25) is 0 Å². The quantitative estimate of drug-likeness (QED) is 0.555. The molecule has 15 heteroatoms. The Hall–Kier alpha value is -2.68. The second-order valence-electron chi connectivity index (χ2n) is 5.52. The molecule has 0 spiro atoms. The van der Waals surface area contributed by atoms with Gasteiger partial charge in [-0.3, -0.25) is 0 Å². The largest absolute Gasteiger partial charge is 0.490 e. The Labute approximate surface area is 169 Å². The number of halogens is 6. The molecule has 3 N–H and O–H groups in total. The van der Waals surface area contributed by atoms with Crippen molar-refractivity contribution in [3.05, 3.63) is 18.3 Å².